The Morgan fingerprint density at radius 1 is 1.03 bits per heavy atom. The number of H-pyrrole nitrogens is 1. The SMILES string of the molecule is COc1cccc(C2c3[nH]c4ccccc4c3CCN2Cc2cccnc2)c1OC. The highest BCUT2D eigenvalue weighted by molar-refractivity contribution is 5.85. The lowest BCUT2D eigenvalue weighted by molar-refractivity contribution is 0.197. The minimum Gasteiger partial charge on any atom is -0.493 e. The molecule has 4 aromatic rings. The third-order valence-electron chi connectivity index (χ3n) is 5.97. The van der Waals surface area contributed by atoms with E-state index in [0.29, 0.717) is 0 Å². The Morgan fingerprint density at radius 2 is 1.93 bits per heavy atom. The molecule has 1 N–H and O–H groups in total. The highest BCUT2D eigenvalue weighted by atomic mass is 16.5. The molecule has 0 bridgehead atoms. The molecule has 0 fully saturated rings. The quantitative estimate of drug-likeness (QED) is 0.527. The Hall–Kier alpha value is -3.31. The van der Waals surface area contributed by atoms with E-state index in [1.54, 1.807) is 14.2 Å². The van der Waals surface area contributed by atoms with Crippen LogP contribution >= 0.6 is 0 Å². The summed E-state index contributed by atoms with van der Waals surface area (Å²) in [5, 5.41) is 1.31. The van der Waals surface area contributed by atoms with Crippen molar-refractivity contribution < 1.29 is 9.47 Å². The van der Waals surface area contributed by atoms with E-state index in [1.165, 1.54) is 27.7 Å². The van der Waals surface area contributed by atoms with Crippen LogP contribution in [0.25, 0.3) is 10.9 Å². The van der Waals surface area contributed by atoms with Gasteiger partial charge in [-0.25, -0.2) is 0 Å². The summed E-state index contributed by atoms with van der Waals surface area (Å²) >= 11 is 0. The summed E-state index contributed by atoms with van der Waals surface area (Å²) < 4.78 is 11.4. The highest BCUT2D eigenvalue weighted by Crippen LogP contribution is 2.44. The summed E-state index contributed by atoms with van der Waals surface area (Å²) in [5.41, 5.74) is 6.11. The number of ether oxygens (including phenoxy) is 2. The van der Waals surface area contributed by atoms with Gasteiger partial charge in [-0.2, -0.15) is 0 Å². The molecule has 2 aromatic carbocycles. The minimum atomic E-state index is 0.0337. The summed E-state index contributed by atoms with van der Waals surface area (Å²) in [4.78, 5) is 10.5. The van der Waals surface area contributed by atoms with Crippen molar-refractivity contribution in [2.24, 2.45) is 0 Å². The molecule has 1 aliphatic rings. The van der Waals surface area contributed by atoms with Gasteiger partial charge in [-0.15, -0.1) is 0 Å². The second kappa shape index (κ2) is 7.84. The molecule has 0 radical (unpaired) electrons. The number of rotatable bonds is 5. The molecule has 0 aliphatic carbocycles. The van der Waals surface area contributed by atoms with Gasteiger partial charge in [0.15, 0.2) is 11.5 Å². The summed E-state index contributed by atoms with van der Waals surface area (Å²) in [7, 11) is 3.39. The predicted octanol–water partition coefficient (Wildman–Crippen LogP) is 4.73. The second-order valence-corrected chi connectivity index (χ2v) is 7.63. The molecule has 5 nitrogen and oxygen atoms in total. The van der Waals surface area contributed by atoms with Crippen LogP contribution in [0.4, 0.5) is 0 Å². The van der Waals surface area contributed by atoms with Crippen molar-refractivity contribution in [3.8, 4) is 11.5 Å². The standard InChI is InChI=1S/C25H25N3O2/c1-29-22-11-5-9-20(25(22)30-2)24-23-19(18-8-3-4-10-21(18)27-23)12-14-28(24)16-17-7-6-13-26-15-17/h3-11,13,15,24,27H,12,14,16H2,1-2H3. The first-order valence-corrected chi connectivity index (χ1v) is 10.2. The molecule has 2 aromatic heterocycles. The van der Waals surface area contributed by atoms with E-state index in [0.717, 1.165) is 36.6 Å². The van der Waals surface area contributed by atoms with E-state index in [1.807, 2.05) is 30.6 Å². The molecule has 5 heteroatoms. The zero-order valence-electron chi connectivity index (χ0n) is 17.3. The molecule has 5 rings (SSSR count). The molecule has 3 heterocycles. The maximum atomic E-state index is 5.83. The monoisotopic (exact) mass is 399 g/mol. The zero-order chi connectivity index (χ0) is 20.5. The van der Waals surface area contributed by atoms with E-state index >= 15 is 0 Å². The fraction of sp³-hybridized carbons (Fsp3) is 0.240. The molecule has 0 spiro atoms. The molecule has 1 unspecified atom stereocenters. The van der Waals surface area contributed by atoms with Crippen molar-refractivity contribution in [1.29, 1.82) is 0 Å². The van der Waals surface area contributed by atoms with Crippen LogP contribution in [0, 0.1) is 0 Å². The van der Waals surface area contributed by atoms with Gasteiger partial charge in [0, 0.05) is 47.6 Å². The van der Waals surface area contributed by atoms with Crippen LogP contribution in [-0.4, -0.2) is 35.6 Å². The number of fused-ring (bicyclic) bond motifs is 3. The summed E-state index contributed by atoms with van der Waals surface area (Å²) in [6, 6.07) is 18.8. The maximum absolute atomic E-state index is 5.83. The Bertz CT molecular complexity index is 1170. The number of hydrogen-bond acceptors (Lipinski definition) is 4. The Labute approximate surface area is 176 Å². The fourth-order valence-corrected chi connectivity index (χ4v) is 4.67. The third kappa shape index (κ3) is 3.12. The molecule has 1 aliphatic heterocycles. The van der Waals surface area contributed by atoms with E-state index in [4.69, 9.17) is 9.47 Å². The molecular formula is C25H25N3O2. The lowest BCUT2D eigenvalue weighted by Crippen LogP contribution is -2.36. The first-order valence-electron chi connectivity index (χ1n) is 10.2. The number of benzene rings is 2. The summed E-state index contributed by atoms with van der Waals surface area (Å²) in [6.45, 7) is 1.77. The number of pyridine rings is 1. The van der Waals surface area contributed by atoms with Crippen molar-refractivity contribution in [3.05, 3.63) is 89.4 Å². The molecule has 1 atom stereocenters. The lowest BCUT2D eigenvalue weighted by Gasteiger charge is -2.37. The van der Waals surface area contributed by atoms with E-state index in [2.05, 4.69) is 51.3 Å². The van der Waals surface area contributed by atoms with E-state index < -0.39 is 0 Å². The first-order chi connectivity index (χ1) is 14.8. The van der Waals surface area contributed by atoms with E-state index in [-0.39, 0.29) is 6.04 Å². The van der Waals surface area contributed by atoms with Gasteiger partial charge in [0.05, 0.1) is 20.3 Å². The topological polar surface area (TPSA) is 50.4 Å². The molecular weight excluding hydrogens is 374 g/mol. The van der Waals surface area contributed by atoms with E-state index in [9.17, 15) is 0 Å². The van der Waals surface area contributed by atoms with Crippen LogP contribution < -0.4 is 9.47 Å². The Balaban J connectivity index is 1.68. The Kier molecular flexibility index (Phi) is 4.89. The minimum absolute atomic E-state index is 0.0337. The predicted molar refractivity (Wildman–Crippen MR) is 118 cm³/mol. The smallest absolute Gasteiger partial charge is 0.165 e. The van der Waals surface area contributed by atoms with Crippen LogP contribution in [0.15, 0.2) is 67.0 Å². The summed E-state index contributed by atoms with van der Waals surface area (Å²) in [6.07, 6.45) is 4.76. The molecule has 152 valence electrons. The van der Waals surface area contributed by atoms with Gasteiger partial charge < -0.3 is 14.5 Å². The number of aromatic amines is 1. The average molecular weight is 399 g/mol. The van der Waals surface area contributed by atoms with Gasteiger partial charge >= 0.3 is 0 Å². The van der Waals surface area contributed by atoms with Gasteiger partial charge in [0.2, 0.25) is 0 Å². The van der Waals surface area contributed by atoms with Crippen LogP contribution in [0.2, 0.25) is 0 Å². The number of hydrogen-bond donors (Lipinski definition) is 1. The van der Waals surface area contributed by atoms with Crippen molar-refractivity contribution in [1.82, 2.24) is 14.9 Å². The van der Waals surface area contributed by atoms with Crippen LogP contribution in [0.3, 0.4) is 0 Å². The zero-order valence-corrected chi connectivity index (χ0v) is 17.3. The molecule has 0 amide bonds. The van der Waals surface area contributed by atoms with Gasteiger partial charge in [0.25, 0.3) is 0 Å². The first kappa shape index (κ1) is 18.7. The highest BCUT2D eigenvalue weighted by Gasteiger charge is 2.34. The van der Waals surface area contributed by atoms with Crippen LogP contribution in [0.5, 0.6) is 11.5 Å². The lowest BCUT2D eigenvalue weighted by atomic mass is 9.91. The third-order valence-corrected chi connectivity index (χ3v) is 5.97. The number of methoxy groups -OCH3 is 2. The number of nitrogens with zero attached hydrogens (tertiary/aromatic N) is 2. The largest absolute Gasteiger partial charge is 0.493 e. The number of aromatic nitrogens is 2. The van der Waals surface area contributed by atoms with Gasteiger partial charge in [-0.05, 0) is 35.7 Å². The van der Waals surface area contributed by atoms with Crippen molar-refractivity contribution in [2.75, 3.05) is 20.8 Å². The molecule has 0 saturated heterocycles. The van der Waals surface area contributed by atoms with Gasteiger partial charge in [-0.3, -0.25) is 9.88 Å². The molecule has 30 heavy (non-hydrogen) atoms. The van der Waals surface area contributed by atoms with Crippen molar-refractivity contribution in [2.45, 2.75) is 19.0 Å². The summed E-state index contributed by atoms with van der Waals surface area (Å²) in [5.74, 6) is 1.53. The average Bonchev–Trinajstić information content (AvgIpc) is 3.17. The van der Waals surface area contributed by atoms with Crippen LogP contribution in [0.1, 0.15) is 28.4 Å². The van der Waals surface area contributed by atoms with Crippen molar-refractivity contribution >= 4 is 10.9 Å². The maximum Gasteiger partial charge on any atom is 0.165 e. The normalized spacial score (nSPS) is 16.4. The Morgan fingerprint density at radius 3 is 2.73 bits per heavy atom. The molecule has 0 saturated carbocycles. The number of para-hydroxylation sites is 2. The number of nitrogens with one attached hydrogen (secondary N) is 1. The van der Waals surface area contributed by atoms with Crippen LogP contribution in [-0.2, 0) is 13.0 Å². The second-order valence-electron chi connectivity index (χ2n) is 7.63. The van der Waals surface area contributed by atoms with Gasteiger partial charge in [0.1, 0.15) is 0 Å². The van der Waals surface area contributed by atoms with Gasteiger partial charge in [-0.1, -0.05) is 36.4 Å². The van der Waals surface area contributed by atoms with Crippen molar-refractivity contribution in [3.63, 3.8) is 0 Å². The fourth-order valence-electron chi connectivity index (χ4n) is 4.67.